The molecule has 0 aromatic rings. The van der Waals surface area contributed by atoms with Gasteiger partial charge in [0.2, 0.25) is 0 Å². The highest BCUT2D eigenvalue weighted by Crippen LogP contribution is 2.42. The molecule has 1 amide bonds. The molecule has 19 heteroatoms. The summed E-state index contributed by atoms with van der Waals surface area (Å²) in [6.07, 6.45) is -15.6. The molecule has 1 unspecified atom stereocenters. The monoisotopic (exact) mass is 559 g/mol. The number of ether oxygens (including phenoxy) is 2. The second-order valence-electron chi connectivity index (χ2n) is 7.23. The summed E-state index contributed by atoms with van der Waals surface area (Å²) < 4.78 is 169. The Kier molecular flexibility index (Phi) is 10.2. The minimum atomic E-state index is -6.67. The van der Waals surface area contributed by atoms with Gasteiger partial charge in [-0.3, -0.25) is 9.35 Å². The van der Waals surface area contributed by atoms with Gasteiger partial charge in [-0.05, 0) is 12.3 Å². The van der Waals surface area contributed by atoms with Crippen LogP contribution in [0.15, 0.2) is 12.2 Å². The molecule has 0 radical (unpaired) electrons. The minimum Gasteiger partial charge on any atom is -0.412 e. The normalized spacial score (nSPS) is 15.5. The second-order valence-corrected chi connectivity index (χ2v) is 8.70. The van der Waals surface area contributed by atoms with Gasteiger partial charge < -0.3 is 14.8 Å². The van der Waals surface area contributed by atoms with E-state index in [1.54, 1.807) is 5.32 Å². The Morgan fingerprint density at radius 3 is 1.86 bits per heavy atom. The molecule has 0 aromatic carbocycles. The number of rotatable bonds is 12. The molecule has 0 saturated heterocycles. The first-order chi connectivity index (χ1) is 15.3. The fourth-order valence-electron chi connectivity index (χ4n) is 1.98. The molecule has 2 N–H and O–H groups in total. The quantitative estimate of drug-likeness (QED) is 0.0937. The van der Waals surface area contributed by atoms with Crippen molar-refractivity contribution in [1.29, 1.82) is 0 Å². The maximum Gasteiger partial charge on any atom is 0.466 e. The Morgan fingerprint density at radius 1 is 1.00 bits per heavy atom. The molecule has 0 rings (SSSR count). The van der Waals surface area contributed by atoms with E-state index in [4.69, 9.17) is 4.55 Å². The van der Waals surface area contributed by atoms with Crippen molar-refractivity contribution in [3.05, 3.63) is 12.2 Å². The van der Waals surface area contributed by atoms with E-state index >= 15 is 0 Å². The third-order valence-electron chi connectivity index (χ3n) is 3.86. The van der Waals surface area contributed by atoms with Crippen molar-refractivity contribution in [3.63, 3.8) is 0 Å². The van der Waals surface area contributed by atoms with Gasteiger partial charge in [0.1, 0.15) is 5.57 Å². The van der Waals surface area contributed by atoms with Crippen molar-refractivity contribution in [3.8, 4) is 0 Å². The Morgan fingerprint density at radius 2 is 1.49 bits per heavy atom. The molecule has 0 aliphatic heterocycles. The van der Waals surface area contributed by atoms with Gasteiger partial charge in [0, 0.05) is 13.0 Å². The van der Waals surface area contributed by atoms with Gasteiger partial charge in [-0.2, -0.15) is 52.3 Å². The molecule has 0 aromatic heterocycles. The Labute approximate surface area is 191 Å². The molecule has 0 aliphatic rings. The summed E-state index contributed by atoms with van der Waals surface area (Å²) in [4.78, 5) is 23.8. The average molecular weight is 559 g/mol. The fourth-order valence-corrected chi connectivity index (χ4v) is 2.45. The Balaban J connectivity index is 6.03. The van der Waals surface area contributed by atoms with E-state index in [0.717, 1.165) is 0 Å². The first-order valence-electron chi connectivity index (χ1n) is 9.04. The number of carbonyl (C=O) groups excluding carboxylic acids is 2. The molecule has 0 saturated carbocycles. The zero-order valence-corrected chi connectivity index (χ0v) is 18.5. The lowest BCUT2D eigenvalue weighted by atomic mass is 10.1. The minimum absolute atomic E-state index is 0.563. The number of esters is 1. The van der Waals surface area contributed by atoms with E-state index in [9.17, 15) is 61.9 Å². The molecule has 0 bridgehead atoms. The first-order valence-corrected chi connectivity index (χ1v) is 10.5. The number of carbonyl (C=O) groups is 2. The fraction of sp³-hybridized carbons (Fsp3) is 0.750. The number of amides is 1. The van der Waals surface area contributed by atoms with Crippen molar-refractivity contribution in [2.45, 2.75) is 56.0 Å². The largest absolute Gasteiger partial charge is 0.466 e. The van der Waals surface area contributed by atoms with Crippen LogP contribution in [0.2, 0.25) is 0 Å². The van der Waals surface area contributed by atoms with Crippen LogP contribution in [0.5, 0.6) is 0 Å². The van der Waals surface area contributed by atoms with E-state index in [1.165, 1.54) is 13.8 Å². The van der Waals surface area contributed by atoms with Gasteiger partial charge in [0.05, 0.1) is 6.61 Å². The molecule has 8 nitrogen and oxygen atoms in total. The van der Waals surface area contributed by atoms with Crippen LogP contribution in [0.1, 0.15) is 26.7 Å². The van der Waals surface area contributed by atoms with Gasteiger partial charge in [-0.1, -0.05) is 20.4 Å². The van der Waals surface area contributed by atoms with Crippen LogP contribution >= 0.6 is 0 Å². The van der Waals surface area contributed by atoms with Crippen LogP contribution in [-0.4, -0.2) is 67.3 Å². The van der Waals surface area contributed by atoms with Gasteiger partial charge >= 0.3 is 51.3 Å². The maximum atomic E-state index is 13.7. The summed E-state index contributed by atoms with van der Waals surface area (Å²) in [7, 11) is -6.67. The molecule has 0 aliphatic carbocycles. The third kappa shape index (κ3) is 7.92. The Hall–Kier alpha value is -2.15. The number of alkyl halides is 10. The van der Waals surface area contributed by atoms with E-state index in [-0.39, 0.29) is 0 Å². The number of hydrogen-bond acceptors (Lipinski definition) is 6. The summed E-state index contributed by atoms with van der Waals surface area (Å²) in [6.45, 7) is 2.55. The zero-order valence-electron chi connectivity index (χ0n) is 17.7. The summed E-state index contributed by atoms with van der Waals surface area (Å²) in [5.41, 5.74) is -2.51. The van der Waals surface area contributed by atoms with Gasteiger partial charge in [-0.25, -0.2) is 4.79 Å². The molecule has 35 heavy (non-hydrogen) atoms. The van der Waals surface area contributed by atoms with Crippen LogP contribution in [0.4, 0.5) is 43.9 Å². The lowest BCUT2D eigenvalue weighted by Crippen LogP contribution is -2.62. The lowest BCUT2D eigenvalue weighted by Gasteiger charge is -2.34. The topological polar surface area (TPSA) is 119 Å². The third-order valence-corrected chi connectivity index (χ3v) is 4.80. The van der Waals surface area contributed by atoms with E-state index < -0.39 is 88.8 Å². The van der Waals surface area contributed by atoms with Crippen molar-refractivity contribution >= 4 is 22.0 Å². The predicted octanol–water partition coefficient (Wildman–Crippen LogP) is 3.59. The van der Waals surface area contributed by atoms with Crippen molar-refractivity contribution in [2.75, 3.05) is 13.2 Å². The first kappa shape index (κ1) is 32.8. The molecule has 0 heterocycles. The molecular formula is C16H19F10NO7S. The molecular weight excluding hydrogens is 540 g/mol. The van der Waals surface area contributed by atoms with Crippen LogP contribution in [0.25, 0.3) is 0 Å². The van der Waals surface area contributed by atoms with Gasteiger partial charge in [0.25, 0.3) is 0 Å². The van der Waals surface area contributed by atoms with Gasteiger partial charge in [-0.15, -0.1) is 0 Å². The standard InChI is InChI=1S/C16H19F10NO7S/c1-8(2)7-27-11(29)13(15(22,23)24,34-10(28)9(3)14(19,20)21)33-6-4-5-12(17,18)16(25,26)35(30,31)32/h8H,3-7H2,1-2H3,(H,27,29)(H,30,31,32). The highest BCUT2D eigenvalue weighted by molar-refractivity contribution is 7.87. The summed E-state index contributed by atoms with van der Waals surface area (Å²) in [5.74, 6) is -16.2. The number of nitrogens with one attached hydrogen (secondary N) is 1. The highest BCUT2D eigenvalue weighted by Gasteiger charge is 2.68. The van der Waals surface area contributed by atoms with Crippen LogP contribution in [0.3, 0.4) is 0 Å². The highest BCUT2D eigenvalue weighted by atomic mass is 32.2. The van der Waals surface area contributed by atoms with Crippen molar-refractivity contribution in [2.24, 2.45) is 5.92 Å². The van der Waals surface area contributed by atoms with E-state index in [1.807, 2.05) is 0 Å². The number of hydrogen-bond donors (Lipinski definition) is 2. The van der Waals surface area contributed by atoms with Crippen molar-refractivity contribution in [1.82, 2.24) is 5.32 Å². The summed E-state index contributed by atoms with van der Waals surface area (Å²) in [5, 5.41) is -4.52. The average Bonchev–Trinajstić information content (AvgIpc) is 2.64. The van der Waals surface area contributed by atoms with Crippen LogP contribution in [-0.2, 0) is 29.2 Å². The van der Waals surface area contributed by atoms with Crippen molar-refractivity contribution < 1.29 is 75.9 Å². The van der Waals surface area contributed by atoms with Crippen LogP contribution in [0, 0.1) is 5.92 Å². The summed E-state index contributed by atoms with van der Waals surface area (Å²) in [6, 6.07) is 0. The molecule has 0 spiro atoms. The molecule has 1 atom stereocenters. The summed E-state index contributed by atoms with van der Waals surface area (Å²) >= 11 is 0. The van der Waals surface area contributed by atoms with E-state index in [0.29, 0.717) is 0 Å². The second kappa shape index (κ2) is 10.9. The molecule has 206 valence electrons. The number of halogens is 10. The lowest BCUT2D eigenvalue weighted by molar-refractivity contribution is -0.348. The molecule has 0 fully saturated rings. The SMILES string of the molecule is C=C(C(=O)OC(OCCCC(F)(F)C(F)(F)S(=O)(=O)O)(C(=O)NCC(C)C)C(F)(F)F)C(F)(F)F. The van der Waals surface area contributed by atoms with Crippen LogP contribution < -0.4 is 5.32 Å². The predicted molar refractivity (Wildman–Crippen MR) is 94.5 cm³/mol. The zero-order chi connectivity index (χ0) is 28.3. The van der Waals surface area contributed by atoms with Gasteiger partial charge in [0.15, 0.2) is 0 Å². The smallest absolute Gasteiger partial charge is 0.412 e. The Bertz CT molecular complexity index is 899. The van der Waals surface area contributed by atoms with E-state index in [2.05, 4.69) is 16.1 Å². The maximum absolute atomic E-state index is 13.7.